The quantitative estimate of drug-likeness (QED) is 0.943. The largest absolute Gasteiger partial charge is 0.361 e. The Bertz CT molecular complexity index is 618. The number of hydrogen-bond acceptors (Lipinski definition) is 4. The zero-order valence-electron chi connectivity index (χ0n) is 11.7. The predicted molar refractivity (Wildman–Crippen MR) is 83.9 cm³/mol. The molecule has 0 spiro atoms. The molecule has 1 aromatic heterocycles. The standard InChI is InChI=1S/C15H18N4S/c1-11-13(9-18-19(11)2)8-16-15-17-10-14(20-15)12-6-4-3-5-7-12/h3-7,9,14H,8,10H2,1-2H3,(H,16,17). The zero-order chi connectivity index (χ0) is 13.9. The van der Waals surface area contributed by atoms with Crippen molar-refractivity contribution in [2.75, 3.05) is 6.54 Å². The third kappa shape index (κ3) is 2.72. The lowest BCUT2D eigenvalue weighted by Crippen LogP contribution is -2.18. The van der Waals surface area contributed by atoms with Gasteiger partial charge in [0, 0.05) is 24.8 Å². The van der Waals surface area contributed by atoms with E-state index in [0.29, 0.717) is 5.25 Å². The van der Waals surface area contributed by atoms with Crippen LogP contribution in [-0.4, -0.2) is 21.5 Å². The average molecular weight is 286 g/mol. The van der Waals surface area contributed by atoms with Crippen LogP contribution >= 0.6 is 11.8 Å². The smallest absolute Gasteiger partial charge is 0.157 e. The molecule has 1 N–H and O–H groups in total. The zero-order valence-corrected chi connectivity index (χ0v) is 12.5. The second-order valence-electron chi connectivity index (χ2n) is 4.90. The molecule has 1 unspecified atom stereocenters. The fourth-order valence-electron chi connectivity index (χ4n) is 2.20. The van der Waals surface area contributed by atoms with Gasteiger partial charge in [0.25, 0.3) is 0 Å². The van der Waals surface area contributed by atoms with E-state index >= 15 is 0 Å². The average Bonchev–Trinajstić information content (AvgIpc) is 3.07. The van der Waals surface area contributed by atoms with Crippen molar-refractivity contribution in [2.45, 2.75) is 18.7 Å². The summed E-state index contributed by atoms with van der Waals surface area (Å²) in [5.41, 5.74) is 3.76. The lowest BCUT2D eigenvalue weighted by atomic mass is 10.1. The molecule has 3 rings (SSSR count). The first-order chi connectivity index (χ1) is 9.74. The van der Waals surface area contributed by atoms with Crippen LogP contribution < -0.4 is 5.32 Å². The van der Waals surface area contributed by atoms with Gasteiger partial charge in [-0.25, -0.2) is 0 Å². The predicted octanol–water partition coefficient (Wildman–Crippen LogP) is 2.66. The van der Waals surface area contributed by atoms with Gasteiger partial charge in [-0.2, -0.15) is 5.10 Å². The Balaban J connectivity index is 1.57. The minimum atomic E-state index is 0.439. The summed E-state index contributed by atoms with van der Waals surface area (Å²) in [4.78, 5) is 4.59. The van der Waals surface area contributed by atoms with Gasteiger partial charge in [-0.3, -0.25) is 9.67 Å². The molecular formula is C15H18N4S. The lowest BCUT2D eigenvalue weighted by molar-refractivity contribution is 0.736. The molecule has 4 nitrogen and oxygen atoms in total. The number of aromatic nitrogens is 2. The van der Waals surface area contributed by atoms with Gasteiger partial charge in [0.1, 0.15) is 0 Å². The van der Waals surface area contributed by atoms with E-state index in [-0.39, 0.29) is 0 Å². The fourth-order valence-corrected chi connectivity index (χ4v) is 3.22. The van der Waals surface area contributed by atoms with Gasteiger partial charge in [0.05, 0.1) is 18.0 Å². The number of aliphatic imine (C=N–C) groups is 1. The third-order valence-corrected chi connectivity index (χ3v) is 4.80. The summed E-state index contributed by atoms with van der Waals surface area (Å²) in [6, 6.07) is 10.6. The topological polar surface area (TPSA) is 42.2 Å². The van der Waals surface area contributed by atoms with Crippen LogP contribution in [0.25, 0.3) is 0 Å². The van der Waals surface area contributed by atoms with E-state index in [1.54, 1.807) is 0 Å². The molecule has 0 bridgehead atoms. The summed E-state index contributed by atoms with van der Waals surface area (Å²) < 4.78 is 1.90. The van der Waals surface area contributed by atoms with Gasteiger partial charge >= 0.3 is 0 Å². The highest BCUT2D eigenvalue weighted by Crippen LogP contribution is 2.34. The number of hydrogen-bond donors (Lipinski definition) is 1. The molecule has 0 saturated heterocycles. The maximum Gasteiger partial charge on any atom is 0.157 e. The summed E-state index contributed by atoms with van der Waals surface area (Å²) in [6.07, 6.45) is 1.91. The Morgan fingerprint density at radius 1 is 1.35 bits per heavy atom. The van der Waals surface area contributed by atoms with Crippen LogP contribution in [0.4, 0.5) is 0 Å². The third-order valence-electron chi connectivity index (χ3n) is 3.59. The van der Waals surface area contributed by atoms with Crippen LogP contribution in [0.5, 0.6) is 0 Å². The van der Waals surface area contributed by atoms with Gasteiger partial charge in [0.15, 0.2) is 5.17 Å². The van der Waals surface area contributed by atoms with Crippen molar-refractivity contribution in [1.29, 1.82) is 0 Å². The first kappa shape index (κ1) is 13.2. The highest BCUT2D eigenvalue weighted by Gasteiger charge is 2.21. The van der Waals surface area contributed by atoms with Gasteiger partial charge in [-0.15, -0.1) is 0 Å². The SMILES string of the molecule is Cc1c(CNC2=NCC(c3ccccc3)S2)cnn1C. The highest BCUT2D eigenvalue weighted by molar-refractivity contribution is 8.14. The normalized spacial score (nSPS) is 18.1. The molecule has 2 heterocycles. The molecule has 104 valence electrons. The van der Waals surface area contributed by atoms with E-state index in [1.807, 2.05) is 35.8 Å². The van der Waals surface area contributed by atoms with Crippen molar-refractivity contribution < 1.29 is 0 Å². The van der Waals surface area contributed by atoms with Crippen molar-refractivity contribution in [3.63, 3.8) is 0 Å². The Kier molecular flexibility index (Phi) is 3.78. The Morgan fingerprint density at radius 2 is 2.15 bits per heavy atom. The van der Waals surface area contributed by atoms with Crippen molar-refractivity contribution in [3.8, 4) is 0 Å². The first-order valence-corrected chi connectivity index (χ1v) is 7.59. The van der Waals surface area contributed by atoms with Gasteiger partial charge in [-0.05, 0) is 12.5 Å². The number of nitrogens with one attached hydrogen (secondary N) is 1. The van der Waals surface area contributed by atoms with Crippen LogP contribution in [-0.2, 0) is 13.6 Å². The second kappa shape index (κ2) is 5.71. The molecule has 1 aliphatic rings. The maximum atomic E-state index is 4.59. The minimum Gasteiger partial charge on any atom is -0.361 e. The van der Waals surface area contributed by atoms with Gasteiger partial charge < -0.3 is 5.32 Å². The van der Waals surface area contributed by atoms with E-state index in [9.17, 15) is 0 Å². The second-order valence-corrected chi connectivity index (χ2v) is 6.09. The summed E-state index contributed by atoms with van der Waals surface area (Å²) >= 11 is 1.81. The molecule has 1 atom stereocenters. The molecule has 0 saturated carbocycles. The number of nitrogens with zero attached hydrogens (tertiary/aromatic N) is 3. The summed E-state index contributed by atoms with van der Waals surface area (Å²) in [7, 11) is 1.96. The monoisotopic (exact) mass is 286 g/mol. The molecule has 2 aromatic rings. The molecule has 0 radical (unpaired) electrons. The van der Waals surface area contributed by atoms with Gasteiger partial charge in [-0.1, -0.05) is 42.1 Å². The minimum absolute atomic E-state index is 0.439. The van der Waals surface area contributed by atoms with Crippen LogP contribution in [0.3, 0.4) is 0 Å². The number of thioether (sulfide) groups is 1. The summed E-state index contributed by atoms with van der Waals surface area (Å²) in [5, 5.41) is 9.13. The molecule has 0 fully saturated rings. The molecule has 0 aliphatic carbocycles. The Hall–Kier alpha value is -1.75. The number of benzene rings is 1. The van der Waals surface area contributed by atoms with E-state index < -0.39 is 0 Å². The van der Waals surface area contributed by atoms with Crippen LogP contribution in [0.1, 0.15) is 22.1 Å². The van der Waals surface area contributed by atoms with Crippen LogP contribution in [0.15, 0.2) is 41.5 Å². The summed E-state index contributed by atoms with van der Waals surface area (Å²) in [5.74, 6) is 0. The number of amidine groups is 1. The van der Waals surface area contributed by atoms with Crippen molar-refractivity contribution in [1.82, 2.24) is 15.1 Å². The Labute approximate surface area is 123 Å². The van der Waals surface area contributed by atoms with Crippen molar-refractivity contribution >= 4 is 16.9 Å². The van der Waals surface area contributed by atoms with E-state index in [1.165, 1.54) is 16.8 Å². The fraction of sp³-hybridized carbons (Fsp3) is 0.333. The molecule has 0 amide bonds. The molecule has 5 heteroatoms. The summed E-state index contributed by atoms with van der Waals surface area (Å²) in [6.45, 7) is 3.72. The molecular weight excluding hydrogens is 268 g/mol. The number of aryl methyl sites for hydroxylation is 1. The van der Waals surface area contributed by atoms with E-state index in [0.717, 1.165) is 18.3 Å². The lowest BCUT2D eigenvalue weighted by Gasteiger charge is -2.09. The highest BCUT2D eigenvalue weighted by atomic mass is 32.2. The molecule has 20 heavy (non-hydrogen) atoms. The van der Waals surface area contributed by atoms with Crippen molar-refractivity contribution in [3.05, 3.63) is 53.3 Å². The maximum absolute atomic E-state index is 4.59. The Morgan fingerprint density at radius 3 is 2.85 bits per heavy atom. The van der Waals surface area contributed by atoms with Crippen LogP contribution in [0, 0.1) is 6.92 Å². The van der Waals surface area contributed by atoms with E-state index in [2.05, 4.69) is 46.6 Å². The molecule has 1 aliphatic heterocycles. The first-order valence-electron chi connectivity index (χ1n) is 6.71. The van der Waals surface area contributed by atoms with Crippen LogP contribution in [0.2, 0.25) is 0 Å². The molecule has 1 aromatic carbocycles. The van der Waals surface area contributed by atoms with Crippen molar-refractivity contribution in [2.24, 2.45) is 12.0 Å². The van der Waals surface area contributed by atoms with Gasteiger partial charge in [0.2, 0.25) is 0 Å². The number of rotatable bonds is 3. The van der Waals surface area contributed by atoms with E-state index in [4.69, 9.17) is 0 Å².